The summed E-state index contributed by atoms with van der Waals surface area (Å²) in [6.45, 7) is 12.1. The highest BCUT2D eigenvalue weighted by atomic mass is 16.7. The molecule has 3 rings (SSSR count). The van der Waals surface area contributed by atoms with E-state index in [9.17, 15) is 15.0 Å². The summed E-state index contributed by atoms with van der Waals surface area (Å²) in [5.74, 6) is -2.18. The number of ether oxygens (including phenoxy) is 5. The van der Waals surface area contributed by atoms with E-state index in [-0.39, 0.29) is 49.5 Å². The van der Waals surface area contributed by atoms with Crippen LogP contribution in [0.3, 0.4) is 0 Å². The third-order valence-electron chi connectivity index (χ3n) is 8.05. The third kappa shape index (κ3) is 6.47. The summed E-state index contributed by atoms with van der Waals surface area (Å²) in [5, 5.41) is 33.3. The van der Waals surface area contributed by atoms with Gasteiger partial charge >= 0.3 is 0 Å². The maximum atomic E-state index is 13.2. The van der Waals surface area contributed by atoms with Crippen LogP contribution in [-0.4, -0.2) is 90.4 Å². The largest absolute Gasteiger partial charge is 0.396 e. The molecular weight excluding hydrogens is 470 g/mol. The Labute approximate surface area is 214 Å². The lowest BCUT2D eigenvalue weighted by molar-refractivity contribution is -0.306. The minimum absolute atomic E-state index is 0.0205. The van der Waals surface area contributed by atoms with Crippen molar-refractivity contribution in [2.75, 3.05) is 20.5 Å². The molecule has 0 saturated carbocycles. The Morgan fingerprint density at radius 1 is 1.25 bits per heavy atom. The van der Waals surface area contributed by atoms with Crippen molar-refractivity contribution in [2.24, 2.45) is 11.3 Å². The van der Waals surface area contributed by atoms with Gasteiger partial charge in [0.2, 0.25) is 5.79 Å². The number of aliphatic hydroxyl groups excluding tert-OH is 3. The summed E-state index contributed by atoms with van der Waals surface area (Å²) < 4.78 is 29.4. The highest BCUT2D eigenvalue weighted by Gasteiger charge is 2.52. The average Bonchev–Trinajstić information content (AvgIpc) is 2.82. The minimum atomic E-state index is -1.62. The van der Waals surface area contributed by atoms with Crippen LogP contribution >= 0.6 is 0 Å². The molecule has 9 atom stereocenters. The number of hydrogen-bond acceptors (Lipinski definition) is 9. The van der Waals surface area contributed by atoms with E-state index in [1.54, 1.807) is 0 Å². The number of carbonyl (C=O) groups is 1. The molecule has 3 saturated heterocycles. The smallest absolute Gasteiger partial charge is 0.256 e. The van der Waals surface area contributed by atoms with Gasteiger partial charge in [0.05, 0.1) is 24.4 Å². The van der Waals surface area contributed by atoms with E-state index in [2.05, 4.69) is 25.7 Å². The summed E-state index contributed by atoms with van der Waals surface area (Å²) >= 11 is 0. The number of methoxy groups -OCH3 is 1. The predicted octanol–water partition coefficient (Wildman–Crippen LogP) is 1.60. The number of fused-ring (bicyclic) bond motifs is 1. The van der Waals surface area contributed by atoms with E-state index in [4.69, 9.17) is 28.8 Å². The molecule has 10 heteroatoms. The van der Waals surface area contributed by atoms with Crippen molar-refractivity contribution < 1.29 is 43.8 Å². The van der Waals surface area contributed by atoms with E-state index in [0.29, 0.717) is 25.7 Å². The van der Waals surface area contributed by atoms with Crippen LogP contribution < -0.4 is 5.32 Å². The van der Waals surface area contributed by atoms with Crippen molar-refractivity contribution >= 4 is 5.91 Å². The molecule has 0 radical (unpaired) electrons. The molecule has 3 heterocycles. The Morgan fingerprint density at radius 2 is 1.97 bits per heavy atom. The third-order valence-corrected chi connectivity index (χ3v) is 8.05. The summed E-state index contributed by atoms with van der Waals surface area (Å²) in [4.78, 5) is 13.2. The number of rotatable bonds is 10. The fourth-order valence-corrected chi connectivity index (χ4v) is 5.38. The minimum Gasteiger partial charge on any atom is -0.396 e. The van der Waals surface area contributed by atoms with Crippen molar-refractivity contribution in [2.45, 2.75) is 115 Å². The molecule has 3 fully saturated rings. The first-order valence-electron chi connectivity index (χ1n) is 13.0. The van der Waals surface area contributed by atoms with Crippen LogP contribution in [0, 0.1) is 11.3 Å². The van der Waals surface area contributed by atoms with E-state index in [1.165, 1.54) is 7.11 Å². The second kappa shape index (κ2) is 12.2. The SMILES string of the molecule is C=C1C[C@](OC)([C@H](O)C(=O)N[C@H]2OCO[C@@H]3CC(C)(C)[C@@H](C[C@H](O)CCCCO)O[C@@H]32)O[C@H](C)[C@@H]1C. The normalized spacial score (nSPS) is 38.2. The predicted molar refractivity (Wildman–Crippen MR) is 131 cm³/mol. The second-order valence-electron chi connectivity index (χ2n) is 11.2. The van der Waals surface area contributed by atoms with Gasteiger partial charge in [0, 0.05) is 32.5 Å². The van der Waals surface area contributed by atoms with Gasteiger partial charge < -0.3 is 44.3 Å². The van der Waals surface area contributed by atoms with Crippen LogP contribution in [0.15, 0.2) is 12.2 Å². The first-order chi connectivity index (χ1) is 16.9. The maximum absolute atomic E-state index is 13.2. The molecule has 0 aromatic heterocycles. The number of nitrogens with one attached hydrogen (secondary N) is 1. The first-order valence-corrected chi connectivity index (χ1v) is 13.0. The van der Waals surface area contributed by atoms with Gasteiger partial charge in [0.25, 0.3) is 5.91 Å². The van der Waals surface area contributed by atoms with Gasteiger partial charge in [-0.15, -0.1) is 0 Å². The van der Waals surface area contributed by atoms with Crippen molar-refractivity contribution in [3.05, 3.63) is 12.2 Å². The summed E-state index contributed by atoms with van der Waals surface area (Å²) in [5.41, 5.74) is 0.566. The van der Waals surface area contributed by atoms with Gasteiger partial charge in [0.1, 0.15) is 12.9 Å². The topological polar surface area (TPSA) is 136 Å². The van der Waals surface area contributed by atoms with E-state index in [1.807, 2.05) is 13.8 Å². The lowest BCUT2D eigenvalue weighted by atomic mass is 9.75. The number of amides is 1. The molecule has 0 bridgehead atoms. The quantitative estimate of drug-likeness (QED) is 0.253. The van der Waals surface area contributed by atoms with E-state index < -0.39 is 36.2 Å². The fourth-order valence-electron chi connectivity index (χ4n) is 5.38. The van der Waals surface area contributed by atoms with Crippen LogP contribution in [0.1, 0.15) is 66.2 Å². The van der Waals surface area contributed by atoms with E-state index >= 15 is 0 Å². The maximum Gasteiger partial charge on any atom is 0.256 e. The highest BCUT2D eigenvalue weighted by molar-refractivity contribution is 5.82. The zero-order valence-electron chi connectivity index (χ0n) is 22.3. The molecule has 10 nitrogen and oxygen atoms in total. The van der Waals surface area contributed by atoms with Gasteiger partial charge in [-0.05, 0) is 38.0 Å². The Bertz CT molecular complexity index is 762. The molecule has 1 amide bonds. The Balaban J connectivity index is 1.68. The first kappa shape index (κ1) is 29.4. The molecule has 0 aromatic carbocycles. The van der Waals surface area contributed by atoms with Crippen molar-refractivity contribution in [3.63, 3.8) is 0 Å². The summed E-state index contributed by atoms with van der Waals surface area (Å²) in [6.07, 6.45) is -1.35. The molecule has 0 aliphatic carbocycles. The number of hydrogen-bond donors (Lipinski definition) is 4. The van der Waals surface area contributed by atoms with Crippen molar-refractivity contribution in [1.82, 2.24) is 5.32 Å². The summed E-state index contributed by atoms with van der Waals surface area (Å²) in [6, 6.07) is 0. The van der Waals surface area contributed by atoms with Crippen LogP contribution in [0.25, 0.3) is 0 Å². The Kier molecular flexibility index (Phi) is 9.95. The number of aliphatic hydroxyl groups is 3. The zero-order chi connectivity index (χ0) is 26.7. The van der Waals surface area contributed by atoms with Crippen molar-refractivity contribution in [3.8, 4) is 0 Å². The Hall–Kier alpha value is -1.11. The van der Waals surface area contributed by atoms with E-state index in [0.717, 1.165) is 12.0 Å². The second-order valence-corrected chi connectivity index (χ2v) is 11.2. The molecule has 0 unspecified atom stereocenters. The zero-order valence-corrected chi connectivity index (χ0v) is 22.3. The monoisotopic (exact) mass is 515 g/mol. The van der Waals surface area contributed by atoms with Crippen LogP contribution in [0.4, 0.5) is 0 Å². The molecule has 4 N–H and O–H groups in total. The molecule has 3 aliphatic heterocycles. The van der Waals surface area contributed by atoms with Gasteiger partial charge in [-0.25, -0.2) is 0 Å². The highest BCUT2D eigenvalue weighted by Crippen LogP contribution is 2.42. The lowest BCUT2D eigenvalue weighted by Crippen LogP contribution is -2.65. The molecule has 36 heavy (non-hydrogen) atoms. The average molecular weight is 516 g/mol. The molecular formula is C26H45NO9. The van der Waals surface area contributed by atoms with Crippen LogP contribution in [0.2, 0.25) is 0 Å². The van der Waals surface area contributed by atoms with Crippen molar-refractivity contribution in [1.29, 1.82) is 0 Å². The van der Waals surface area contributed by atoms with Gasteiger partial charge in [-0.2, -0.15) is 0 Å². The molecule has 0 aromatic rings. The van der Waals surface area contributed by atoms with Crippen LogP contribution in [0.5, 0.6) is 0 Å². The van der Waals surface area contributed by atoms with Gasteiger partial charge in [0.15, 0.2) is 12.3 Å². The Morgan fingerprint density at radius 3 is 2.61 bits per heavy atom. The lowest BCUT2D eigenvalue weighted by Gasteiger charge is -2.50. The standard InChI is InChI=1S/C26H45NO9/c1-15-12-26(32-6,36-17(3)16(15)2)22(30)23(31)27-24-21-19(33-14-34-24)13-25(4,5)20(35-21)11-18(29)9-7-8-10-28/h16-22,24,28-30H,1,7-14H2,2-6H3,(H,27,31)/t16-,17-,18-,19-,20-,21+,22-,24+,26-/m1/s1. The fraction of sp³-hybridized carbons (Fsp3) is 0.885. The molecule has 0 spiro atoms. The number of unbranched alkanes of at least 4 members (excludes halogenated alkanes) is 1. The summed E-state index contributed by atoms with van der Waals surface area (Å²) in [7, 11) is 1.40. The number of carbonyl (C=O) groups excluding carboxylic acids is 1. The van der Waals surface area contributed by atoms with Gasteiger partial charge in [-0.1, -0.05) is 32.9 Å². The van der Waals surface area contributed by atoms with Crippen LogP contribution in [-0.2, 0) is 28.5 Å². The molecule has 208 valence electrons. The van der Waals surface area contributed by atoms with Gasteiger partial charge in [-0.3, -0.25) is 4.79 Å². The molecule has 3 aliphatic rings.